The minimum atomic E-state index is -0.996. The molecule has 1 heterocycles. The number of carbonyl (C=O) groups excluding carboxylic acids is 1. The molecule has 1 spiro atoms. The van der Waals surface area contributed by atoms with E-state index in [1.165, 1.54) is 4.90 Å². The van der Waals surface area contributed by atoms with Crippen LogP contribution in [0.5, 0.6) is 0 Å². The Morgan fingerprint density at radius 2 is 1.91 bits per heavy atom. The molecular formula is C17H21NO4. The van der Waals surface area contributed by atoms with Crippen LogP contribution >= 0.6 is 0 Å². The van der Waals surface area contributed by atoms with Crippen molar-refractivity contribution in [1.82, 2.24) is 4.90 Å². The molecule has 1 saturated carbocycles. The van der Waals surface area contributed by atoms with E-state index in [-0.39, 0.29) is 12.5 Å². The summed E-state index contributed by atoms with van der Waals surface area (Å²) >= 11 is 0. The van der Waals surface area contributed by atoms with Gasteiger partial charge >= 0.3 is 5.97 Å². The largest absolute Gasteiger partial charge is 0.480 e. The number of ether oxygens (including phenoxy) is 1. The summed E-state index contributed by atoms with van der Waals surface area (Å²) in [6.45, 7) is 1.94. The van der Waals surface area contributed by atoms with Crippen molar-refractivity contribution >= 4 is 11.9 Å². The average Bonchev–Trinajstić information content (AvgIpc) is 2.87. The molecule has 1 N–H and O–H groups in total. The van der Waals surface area contributed by atoms with E-state index in [4.69, 9.17) is 4.74 Å². The Kier molecular flexibility index (Phi) is 3.91. The number of carboxylic acid groups (broad SMARTS) is 1. The normalized spacial score (nSPS) is 23.7. The molecule has 3 rings (SSSR count). The Hall–Kier alpha value is -1.88. The van der Waals surface area contributed by atoms with E-state index in [9.17, 15) is 14.7 Å². The van der Waals surface area contributed by atoms with Gasteiger partial charge < -0.3 is 9.84 Å². The van der Waals surface area contributed by atoms with Crippen LogP contribution in [0.15, 0.2) is 24.3 Å². The van der Waals surface area contributed by atoms with Gasteiger partial charge in [-0.15, -0.1) is 0 Å². The predicted octanol–water partition coefficient (Wildman–Crippen LogP) is 2.58. The van der Waals surface area contributed by atoms with Gasteiger partial charge in [0, 0.05) is 5.56 Å². The fraction of sp³-hybridized carbons (Fsp3) is 0.529. The van der Waals surface area contributed by atoms with Crippen molar-refractivity contribution in [3.05, 3.63) is 35.4 Å². The second-order valence-corrected chi connectivity index (χ2v) is 6.16. The second-order valence-electron chi connectivity index (χ2n) is 6.16. The first-order valence-electron chi connectivity index (χ1n) is 7.81. The average molecular weight is 303 g/mol. The summed E-state index contributed by atoms with van der Waals surface area (Å²) in [5, 5.41) is 9.49. The summed E-state index contributed by atoms with van der Waals surface area (Å²) in [5.74, 6) is -1.23. The number of hydrogen-bond donors (Lipinski definition) is 1. The third-order valence-corrected chi connectivity index (χ3v) is 4.77. The lowest BCUT2D eigenvalue weighted by atomic mass is 9.89. The monoisotopic (exact) mass is 303 g/mol. The zero-order chi connectivity index (χ0) is 15.7. The molecule has 0 radical (unpaired) electrons. The highest BCUT2D eigenvalue weighted by Gasteiger charge is 2.53. The van der Waals surface area contributed by atoms with Gasteiger partial charge in [0.15, 0.2) is 6.04 Å². The Labute approximate surface area is 129 Å². The van der Waals surface area contributed by atoms with Crippen LogP contribution in [0.4, 0.5) is 0 Å². The van der Waals surface area contributed by atoms with Gasteiger partial charge in [0.05, 0.1) is 6.61 Å². The molecule has 118 valence electrons. The maximum absolute atomic E-state index is 13.0. The lowest BCUT2D eigenvalue weighted by Gasteiger charge is -2.41. The van der Waals surface area contributed by atoms with Gasteiger partial charge in [-0.05, 0) is 44.2 Å². The van der Waals surface area contributed by atoms with E-state index >= 15 is 0 Å². The highest BCUT2D eigenvalue weighted by Crippen LogP contribution is 2.41. The van der Waals surface area contributed by atoms with Crippen LogP contribution in [0.1, 0.15) is 48.0 Å². The molecule has 1 aliphatic heterocycles. The van der Waals surface area contributed by atoms with E-state index in [1.807, 2.05) is 19.1 Å². The second kappa shape index (κ2) is 5.72. The molecule has 2 aliphatic rings. The van der Waals surface area contributed by atoms with Crippen LogP contribution in [0.3, 0.4) is 0 Å². The molecule has 2 fully saturated rings. The lowest BCUT2D eigenvalue weighted by molar-refractivity contribution is -0.143. The number of aliphatic carboxylic acids is 1. The van der Waals surface area contributed by atoms with Gasteiger partial charge in [-0.2, -0.15) is 0 Å². The highest BCUT2D eigenvalue weighted by molar-refractivity contribution is 5.98. The van der Waals surface area contributed by atoms with Crippen molar-refractivity contribution in [2.45, 2.75) is 50.8 Å². The van der Waals surface area contributed by atoms with E-state index < -0.39 is 17.7 Å². The quantitative estimate of drug-likeness (QED) is 0.912. The molecule has 22 heavy (non-hydrogen) atoms. The summed E-state index contributed by atoms with van der Waals surface area (Å²) in [7, 11) is 0. The lowest BCUT2D eigenvalue weighted by Crippen LogP contribution is -2.54. The summed E-state index contributed by atoms with van der Waals surface area (Å²) in [6.07, 6.45) is 4.46. The third kappa shape index (κ3) is 2.39. The molecule has 5 heteroatoms. The van der Waals surface area contributed by atoms with Crippen LogP contribution in [0.25, 0.3) is 0 Å². The number of carbonyl (C=O) groups is 2. The summed E-state index contributed by atoms with van der Waals surface area (Å²) in [5.41, 5.74) is 0.680. The number of nitrogens with zero attached hydrogens (tertiary/aromatic N) is 1. The fourth-order valence-electron chi connectivity index (χ4n) is 3.60. The molecular weight excluding hydrogens is 282 g/mol. The van der Waals surface area contributed by atoms with E-state index in [0.29, 0.717) is 18.4 Å². The van der Waals surface area contributed by atoms with Gasteiger partial charge in [0.2, 0.25) is 0 Å². The van der Waals surface area contributed by atoms with Gasteiger partial charge in [-0.25, -0.2) is 4.79 Å². The van der Waals surface area contributed by atoms with Gasteiger partial charge in [0.1, 0.15) is 5.72 Å². The zero-order valence-electron chi connectivity index (χ0n) is 12.7. The summed E-state index contributed by atoms with van der Waals surface area (Å²) < 4.78 is 5.87. The van der Waals surface area contributed by atoms with E-state index in [0.717, 1.165) is 24.8 Å². The standard InChI is InChI=1S/C17H21NO4/c1-12-7-3-4-8-13(12)15(19)18-14(16(20)21)11-22-17(18)9-5-2-6-10-17/h3-4,7-8,14H,2,5-6,9-11H2,1H3,(H,20,21)/t14-/m0/s1. The first-order valence-corrected chi connectivity index (χ1v) is 7.81. The van der Waals surface area contributed by atoms with Crippen molar-refractivity contribution in [1.29, 1.82) is 0 Å². The fourth-order valence-corrected chi connectivity index (χ4v) is 3.60. The maximum atomic E-state index is 13.0. The molecule has 1 atom stereocenters. The minimum Gasteiger partial charge on any atom is -0.480 e. The van der Waals surface area contributed by atoms with Crippen LogP contribution in [0, 0.1) is 6.92 Å². The van der Waals surface area contributed by atoms with Crippen molar-refractivity contribution < 1.29 is 19.4 Å². The third-order valence-electron chi connectivity index (χ3n) is 4.77. The Bertz CT molecular complexity index is 592. The zero-order valence-corrected chi connectivity index (χ0v) is 12.7. The van der Waals surface area contributed by atoms with Crippen molar-refractivity contribution in [2.24, 2.45) is 0 Å². The highest BCUT2D eigenvalue weighted by atomic mass is 16.5. The van der Waals surface area contributed by atoms with Gasteiger partial charge in [-0.1, -0.05) is 24.6 Å². The van der Waals surface area contributed by atoms with Crippen molar-refractivity contribution in [3.63, 3.8) is 0 Å². The van der Waals surface area contributed by atoms with Crippen LogP contribution in [-0.4, -0.2) is 40.3 Å². The number of carboxylic acids is 1. The van der Waals surface area contributed by atoms with E-state index in [2.05, 4.69) is 0 Å². The molecule has 0 bridgehead atoms. The molecule has 1 amide bonds. The molecule has 1 aromatic carbocycles. The van der Waals surface area contributed by atoms with Crippen LogP contribution in [0.2, 0.25) is 0 Å². The number of hydrogen-bond acceptors (Lipinski definition) is 3. The summed E-state index contributed by atoms with van der Waals surface area (Å²) in [6, 6.07) is 6.40. The Morgan fingerprint density at radius 3 is 2.55 bits per heavy atom. The molecule has 1 aliphatic carbocycles. The van der Waals surface area contributed by atoms with Crippen LogP contribution in [-0.2, 0) is 9.53 Å². The Morgan fingerprint density at radius 1 is 1.23 bits per heavy atom. The predicted molar refractivity (Wildman–Crippen MR) is 80.5 cm³/mol. The number of amides is 1. The molecule has 1 aromatic rings. The van der Waals surface area contributed by atoms with Gasteiger partial charge in [-0.3, -0.25) is 9.69 Å². The molecule has 0 aromatic heterocycles. The first-order chi connectivity index (χ1) is 10.6. The SMILES string of the molecule is Cc1ccccc1C(=O)N1[C@H](C(=O)O)COC12CCCCC2. The molecule has 5 nitrogen and oxygen atoms in total. The number of benzene rings is 1. The maximum Gasteiger partial charge on any atom is 0.328 e. The minimum absolute atomic E-state index is 0.0763. The molecule has 1 saturated heterocycles. The Balaban J connectivity index is 2.00. The van der Waals surface area contributed by atoms with Crippen molar-refractivity contribution in [3.8, 4) is 0 Å². The molecule has 0 unspecified atom stereocenters. The summed E-state index contributed by atoms with van der Waals surface area (Å²) in [4.78, 5) is 26.1. The smallest absolute Gasteiger partial charge is 0.328 e. The number of aryl methyl sites for hydroxylation is 1. The number of rotatable bonds is 2. The topological polar surface area (TPSA) is 66.8 Å². The van der Waals surface area contributed by atoms with Crippen molar-refractivity contribution in [2.75, 3.05) is 6.61 Å². The van der Waals surface area contributed by atoms with E-state index in [1.54, 1.807) is 12.1 Å². The van der Waals surface area contributed by atoms with Crippen LogP contribution < -0.4 is 0 Å². The first kappa shape index (κ1) is 15.0. The van der Waals surface area contributed by atoms with Gasteiger partial charge in [0.25, 0.3) is 5.91 Å².